The lowest BCUT2D eigenvalue weighted by Gasteiger charge is -2.04. The van der Waals surface area contributed by atoms with Gasteiger partial charge in [-0.1, -0.05) is 19.8 Å². The van der Waals surface area contributed by atoms with E-state index in [1.54, 1.807) is 6.20 Å². The van der Waals surface area contributed by atoms with Gasteiger partial charge in [-0.2, -0.15) is 4.98 Å². The molecule has 0 aromatic carbocycles. The summed E-state index contributed by atoms with van der Waals surface area (Å²) in [6, 6.07) is 1.92. The third-order valence-electron chi connectivity index (χ3n) is 3.02. The maximum absolute atomic E-state index is 11.7. The lowest BCUT2D eigenvalue weighted by molar-refractivity contribution is 0.0460. The second-order valence-electron chi connectivity index (χ2n) is 4.68. The van der Waals surface area contributed by atoms with Crippen LogP contribution < -0.4 is 5.69 Å². The summed E-state index contributed by atoms with van der Waals surface area (Å²) in [6.45, 7) is 2.35. The normalized spacial score (nSPS) is 11.3. The Morgan fingerprint density at radius 3 is 3.05 bits per heavy atom. The van der Waals surface area contributed by atoms with Crippen molar-refractivity contribution in [2.24, 2.45) is 0 Å². The van der Waals surface area contributed by atoms with Crippen molar-refractivity contribution in [3.8, 4) is 0 Å². The number of aromatic nitrogens is 2. The molecule has 0 spiro atoms. The van der Waals surface area contributed by atoms with Gasteiger partial charge in [0.1, 0.15) is 12.5 Å². The largest absolute Gasteiger partial charge is 0.443 e. The number of aliphatic hydroxyl groups is 1. The number of rotatable bonds is 8. The van der Waals surface area contributed by atoms with E-state index < -0.39 is 5.69 Å². The van der Waals surface area contributed by atoms with Crippen LogP contribution in [-0.4, -0.2) is 27.9 Å². The molecule has 2 aromatic heterocycles. The average Bonchev–Trinajstić information content (AvgIpc) is 2.81. The van der Waals surface area contributed by atoms with Gasteiger partial charge in [0.05, 0.1) is 18.6 Å². The van der Waals surface area contributed by atoms with Gasteiger partial charge in [-0.25, -0.2) is 4.79 Å². The molecule has 20 heavy (non-hydrogen) atoms. The van der Waals surface area contributed by atoms with Crippen molar-refractivity contribution in [1.82, 2.24) is 9.55 Å². The van der Waals surface area contributed by atoms with Crippen molar-refractivity contribution in [3.63, 3.8) is 0 Å². The number of unbranched alkanes of at least 4 members (excludes halogenated alkanes) is 2. The fourth-order valence-corrected chi connectivity index (χ4v) is 1.99. The Balaban J connectivity index is 2.13. The molecule has 0 saturated carbocycles. The Hall–Kier alpha value is -1.66. The van der Waals surface area contributed by atoms with Crippen LogP contribution in [0.4, 0.5) is 0 Å². The fourth-order valence-electron chi connectivity index (χ4n) is 1.99. The molecule has 0 aliphatic rings. The van der Waals surface area contributed by atoms with Crippen molar-refractivity contribution < 1.29 is 14.3 Å². The van der Waals surface area contributed by atoms with Crippen LogP contribution in [0.15, 0.2) is 21.5 Å². The van der Waals surface area contributed by atoms with Gasteiger partial charge >= 0.3 is 5.69 Å². The molecule has 0 unspecified atom stereocenters. The highest BCUT2D eigenvalue weighted by Crippen LogP contribution is 2.17. The van der Waals surface area contributed by atoms with E-state index in [-0.39, 0.29) is 19.9 Å². The molecule has 2 heterocycles. The van der Waals surface area contributed by atoms with Crippen molar-refractivity contribution in [1.29, 1.82) is 0 Å². The predicted octanol–water partition coefficient (Wildman–Crippen LogP) is 1.69. The molecule has 1 N–H and O–H groups in total. The van der Waals surface area contributed by atoms with Crippen molar-refractivity contribution >= 4 is 11.1 Å². The number of ether oxygens (including phenoxy) is 1. The highest BCUT2D eigenvalue weighted by molar-refractivity contribution is 5.72. The van der Waals surface area contributed by atoms with Gasteiger partial charge in [-0.3, -0.25) is 4.57 Å². The highest BCUT2D eigenvalue weighted by Gasteiger charge is 2.08. The lowest BCUT2D eigenvalue weighted by Crippen LogP contribution is -2.23. The van der Waals surface area contributed by atoms with Gasteiger partial charge in [0.2, 0.25) is 5.71 Å². The van der Waals surface area contributed by atoms with Crippen LogP contribution in [0.25, 0.3) is 11.1 Å². The molecule has 6 heteroatoms. The molecule has 0 bridgehead atoms. The van der Waals surface area contributed by atoms with Gasteiger partial charge in [0, 0.05) is 12.6 Å². The van der Waals surface area contributed by atoms with E-state index in [1.807, 2.05) is 6.07 Å². The van der Waals surface area contributed by atoms with Crippen LogP contribution in [0.2, 0.25) is 0 Å². The van der Waals surface area contributed by atoms with Crippen molar-refractivity contribution in [3.05, 3.63) is 28.5 Å². The van der Waals surface area contributed by atoms with E-state index in [9.17, 15) is 4.79 Å². The maximum Gasteiger partial charge on any atom is 0.352 e. The minimum Gasteiger partial charge on any atom is -0.443 e. The van der Waals surface area contributed by atoms with E-state index >= 15 is 0 Å². The van der Waals surface area contributed by atoms with Crippen LogP contribution >= 0.6 is 0 Å². The number of nitrogens with zero attached hydrogens (tertiary/aromatic N) is 2. The SMILES string of the molecule is CCCCCc1cc2cn(COCCO)c(=O)nc2o1. The summed E-state index contributed by atoms with van der Waals surface area (Å²) in [4.78, 5) is 15.6. The summed E-state index contributed by atoms with van der Waals surface area (Å²) < 4.78 is 12.1. The van der Waals surface area contributed by atoms with Gasteiger partial charge in [-0.05, 0) is 12.5 Å². The third kappa shape index (κ3) is 3.68. The van der Waals surface area contributed by atoms with Gasteiger partial charge in [0.25, 0.3) is 0 Å². The summed E-state index contributed by atoms with van der Waals surface area (Å²) in [5.74, 6) is 0.856. The second-order valence-corrected chi connectivity index (χ2v) is 4.68. The molecule has 0 aliphatic carbocycles. The Labute approximate surface area is 117 Å². The van der Waals surface area contributed by atoms with E-state index in [2.05, 4.69) is 11.9 Å². The quantitative estimate of drug-likeness (QED) is 0.744. The van der Waals surface area contributed by atoms with Crippen LogP contribution in [-0.2, 0) is 17.9 Å². The van der Waals surface area contributed by atoms with Gasteiger partial charge in [-0.15, -0.1) is 0 Å². The monoisotopic (exact) mass is 280 g/mol. The van der Waals surface area contributed by atoms with Crippen LogP contribution in [0.3, 0.4) is 0 Å². The summed E-state index contributed by atoms with van der Waals surface area (Å²) in [5.41, 5.74) is -0.0372. The smallest absolute Gasteiger partial charge is 0.352 e. The molecular weight excluding hydrogens is 260 g/mol. The Morgan fingerprint density at radius 2 is 2.30 bits per heavy atom. The molecule has 0 saturated heterocycles. The predicted molar refractivity (Wildman–Crippen MR) is 74.5 cm³/mol. The molecule has 6 nitrogen and oxygen atoms in total. The van der Waals surface area contributed by atoms with E-state index in [0.29, 0.717) is 5.71 Å². The van der Waals surface area contributed by atoms with E-state index in [0.717, 1.165) is 36.8 Å². The molecule has 0 radical (unpaired) electrons. The van der Waals surface area contributed by atoms with Crippen molar-refractivity contribution in [2.75, 3.05) is 13.2 Å². The van der Waals surface area contributed by atoms with Crippen LogP contribution in [0.5, 0.6) is 0 Å². The first-order chi connectivity index (χ1) is 9.74. The Morgan fingerprint density at radius 1 is 1.45 bits per heavy atom. The molecule has 0 amide bonds. The number of aryl methyl sites for hydroxylation is 1. The lowest BCUT2D eigenvalue weighted by atomic mass is 10.2. The topological polar surface area (TPSA) is 77.5 Å². The minimum atomic E-state index is -0.412. The zero-order valence-electron chi connectivity index (χ0n) is 11.7. The highest BCUT2D eigenvalue weighted by atomic mass is 16.5. The molecule has 110 valence electrons. The summed E-state index contributed by atoms with van der Waals surface area (Å²) in [6.07, 6.45) is 5.92. The Kier molecular flexibility index (Phi) is 5.31. The number of hydrogen-bond donors (Lipinski definition) is 1. The van der Waals surface area contributed by atoms with Gasteiger partial charge < -0.3 is 14.3 Å². The number of hydrogen-bond acceptors (Lipinski definition) is 5. The third-order valence-corrected chi connectivity index (χ3v) is 3.02. The van der Waals surface area contributed by atoms with E-state index in [1.165, 1.54) is 4.57 Å². The first kappa shape index (κ1) is 14.7. The van der Waals surface area contributed by atoms with Crippen LogP contribution in [0, 0.1) is 0 Å². The summed E-state index contributed by atoms with van der Waals surface area (Å²) in [7, 11) is 0. The minimum absolute atomic E-state index is 0.0717. The Bertz CT molecular complexity index is 603. The maximum atomic E-state index is 11.7. The number of aliphatic hydroxyl groups excluding tert-OH is 1. The number of fused-ring (bicyclic) bond motifs is 1. The zero-order valence-corrected chi connectivity index (χ0v) is 11.7. The van der Waals surface area contributed by atoms with Crippen molar-refractivity contribution in [2.45, 2.75) is 39.3 Å². The summed E-state index contributed by atoms with van der Waals surface area (Å²) >= 11 is 0. The molecule has 0 fully saturated rings. The molecule has 0 atom stereocenters. The second kappa shape index (κ2) is 7.21. The standard InChI is InChI=1S/C14H20N2O4/c1-2-3-4-5-12-8-11-9-16(10-19-7-6-17)14(18)15-13(11)20-12/h8-9,17H,2-7,10H2,1H3. The average molecular weight is 280 g/mol. The fraction of sp³-hybridized carbons (Fsp3) is 0.571. The zero-order chi connectivity index (χ0) is 14.4. The molecule has 2 rings (SSSR count). The summed E-state index contributed by atoms with van der Waals surface area (Å²) in [5, 5.41) is 9.44. The first-order valence-corrected chi connectivity index (χ1v) is 6.93. The number of furan rings is 1. The van der Waals surface area contributed by atoms with Gasteiger partial charge in [0.15, 0.2) is 0 Å². The van der Waals surface area contributed by atoms with E-state index in [4.69, 9.17) is 14.3 Å². The first-order valence-electron chi connectivity index (χ1n) is 6.93. The van der Waals surface area contributed by atoms with Crippen LogP contribution in [0.1, 0.15) is 31.9 Å². The molecule has 2 aromatic rings. The molecular formula is C14H20N2O4. The molecule has 0 aliphatic heterocycles.